The summed E-state index contributed by atoms with van der Waals surface area (Å²) < 4.78 is 0. The molecule has 1 N–H and O–H groups in total. The lowest BCUT2D eigenvalue weighted by Gasteiger charge is -2.39. The van der Waals surface area contributed by atoms with E-state index >= 15 is 0 Å². The average molecular weight is 282 g/mol. The van der Waals surface area contributed by atoms with Crippen molar-refractivity contribution < 1.29 is 9.90 Å². The van der Waals surface area contributed by atoms with Gasteiger partial charge in [0.15, 0.2) is 11.0 Å². The van der Waals surface area contributed by atoms with Gasteiger partial charge in [-0.2, -0.15) is 0 Å². The Bertz CT molecular complexity index is 465. The van der Waals surface area contributed by atoms with E-state index in [-0.39, 0.29) is 6.42 Å². The van der Waals surface area contributed by atoms with Crippen molar-refractivity contribution in [3.63, 3.8) is 0 Å². The predicted octanol–water partition coefficient (Wildman–Crippen LogP) is 2.35. The Morgan fingerprint density at radius 3 is 2.53 bits per heavy atom. The van der Waals surface area contributed by atoms with Crippen molar-refractivity contribution in [1.29, 1.82) is 0 Å². The Balaban J connectivity index is 1.76. The van der Waals surface area contributed by atoms with Gasteiger partial charge in [-0.25, -0.2) is 0 Å². The molecule has 6 heteroatoms. The van der Waals surface area contributed by atoms with Crippen molar-refractivity contribution >= 4 is 23.4 Å². The Labute approximate surface area is 116 Å². The molecule has 0 spiro atoms. The summed E-state index contributed by atoms with van der Waals surface area (Å²) in [7, 11) is 0. The fourth-order valence-corrected chi connectivity index (χ4v) is 3.62. The number of aliphatic carboxylic acids is 1. The van der Waals surface area contributed by atoms with Crippen LogP contribution in [0.4, 0.5) is 5.82 Å². The molecule has 2 atom stereocenters. The van der Waals surface area contributed by atoms with Crippen LogP contribution in [0.3, 0.4) is 0 Å². The first-order valence-electron chi connectivity index (χ1n) is 6.63. The van der Waals surface area contributed by atoms with Crippen molar-refractivity contribution in [3.8, 4) is 0 Å². The van der Waals surface area contributed by atoms with E-state index in [4.69, 9.17) is 16.7 Å². The Kier molecular flexibility index (Phi) is 3.31. The maximum Gasteiger partial charge on any atom is 0.303 e. The molecule has 2 aliphatic heterocycles. The summed E-state index contributed by atoms with van der Waals surface area (Å²) in [6, 6.07) is 4.46. The fraction of sp³-hybridized carbons (Fsp3) is 0.615. The highest BCUT2D eigenvalue weighted by molar-refractivity contribution is 6.29. The largest absolute Gasteiger partial charge is 0.481 e. The van der Waals surface area contributed by atoms with Gasteiger partial charge in [0, 0.05) is 18.5 Å². The maximum absolute atomic E-state index is 10.8. The number of aromatic nitrogens is 2. The number of carboxylic acids is 1. The van der Waals surface area contributed by atoms with Crippen LogP contribution in [0.15, 0.2) is 12.1 Å². The van der Waals surface area contributed by atoms with E-state index in [0.29, 0.717) is 23.2 Å². The number of nitrogens with zero attached hydrogens (tertiary/aromatic N) is 3. The lowest BCUT2D eigenvalue weighted by atomic mass is 9.88. The second kappa shape index (κ2) is 4.96. The number of fused-ring (bicyclic) bond motifs is 2. The standard InChI is InChI=1S/C13H16ClN3O2/c14-11-3-4-12(16-15-11)17-9-1-2-10(17)6-8(5-9)7-13(18)19/h3-4,8-10H,1-2,5-7H2,(H,18,19). The Hall–Kier alpha value is -1.36. The highest BCUT2D eigenvalue weighted by Crippen LogP contribution is 2.41. The molecule has 2 fully saturated rings. The van der Waals surface area contributed by atoms with Crippen molar-refractivity contribution in [3.05, 3.63) is 17.3 Å². The number of halogens is 1. The number of carbonyl (C=O) groups is 1. The van der Waals surface area contributed by atoms with Gasteiger partial charge in [0.2, 0.25) is 0 Å². The molecule has 19 heavy (non-hydrogen) atoms. The first-order chi connectivity index (χ1) is 9.13. The first-order valence-corrected chi connectivity index (χ1v) is 7.00. The molecule has 5 nitrogen and oxygen atoms in total. The molecule has 0 amide bonds. The molecular formula is C13H16ClN3O2. The Morgan fingerprint density at radius 2 is 2.00 bits per heavy atom. The third kappa shape index (κ3) is 2.52. The van der Waals surface area contributed by atoms with E-state index in [2.05, 4.69) is 15.1 Å². The summed E-state index contributed by atoms with van der Waals surface area (Å²) in [5.74, 6) is 0.473. The quantitative estimate of drug-likeness (QED) is 0.921. The molecule has 0 saturated carbocycles. The van der Waals surface area contributed by atoms with Gasteiger partial charge in [-0.3, -0.25) is 4.79 Å². The molecule has 2 saturated heterocycles. The molecular weight excluding hydrogens is 266 g/mol. The van der Waals surface area contributed by atoms with Gasteiger partial charge >= 0.3 is 5.97 Å². The van der Waals surface area contributed by atoms with Gasteiger partial charge < -0.3 is 10.0 Å². The van der Waals surface area contributed by atoms with Crippen LogP contribution in [0.5, 0.6) is 0 Å². The molecule has 2 unspecified atom stereocenters. The zero-order valence-electron chi connectivity index (χ0n) is 10.5. The van der Waals surface area contributed by atoms with Gasteiger partial charge in [-0.15, -0.1) is 10.2 Å². The number of rotatable bonds is 3. The van der Waals surface area contributed by atoms with Crippen molar-refractivity contribution in [2.45, 2.75) is 44.2 Å². The van der Waals surface area contributed by atoms with E-state index < -0.39 is 5.97 Å². The summed E-state index contributed by atoms with van der Waals surface area (Å²) >= 11 is 5.76. The van der Waals surface area contributed by atoms with Crippen molar-refractivity contribution in [1.82, 2.24) is 10.2 Å². The maximum atomic E-state index is 10.8. The third-order valence-corrected chi connectivity index (χ3v) is 4.38. The summed E-state index contributed by atoms with van der Waals surface area (Å²) in [6.07, 6.45) is 4.39. The lowest BCUT2D eigenvalue weighted by Crippen LogP contribution is -2.44. The zero-order valence-corrected chi connectivity index (χ0v) is 11.3. The molecule has 1 aromatic heterocycles. The molecule has 0 aromatic carbocycles. The second-order valence-electron chi connectivity index (χ2n) is 5.44. The minimum atomic E-state index is -0.691. The highest BCUT2D eigenvalue weighted by atomic mass is 35.5. The van der Waals surface area contributed by atoms with Crippen LogP contribution < -0.4 is 4.90 Å². The van der Waals surface area contributed by atoms with E-state index in [0.717, 1.165) is 31.5 Å². The van der Waals surface area contributed by atoms with Crippen molar-refractivity contribution in [2.24, 2.45) is 5.92 Å². The van der Waals surface area contributed by atoms with Gasteiger partial charge in [0.1, 0.15) is 0 Å². The minimum Gasteiger partial charge on any atom is -0.481 e. The van der Waals surface area contributed by atoms with E-state index in [9.17, 15) is 4.79 Å². The van der Waals surface area contributed by atoms with E-state index in [1.54, 1.807) is 6.07 Å². The number of hydrogen-bond donors (Lipinski definition) is 1. The number of carboxylic acid groups (broad SMARTS) is 1. The molecule has 2 bridgehead atoms. The topological polar surface area (TPSA) is 66.3 Å². The first kappa shape index (κ1) is 12.7. The number of anilines is 1. The number of hydrogen-bond acceptors (Lipinski definition) is 4. The van der Waals surface area contributed by atoms with Crippen LogP contribution in [-0.2, 0) is 4.79 Å². The molecule has 0 radical (unpaired) electrons. The summed E-state index contributed by atoms with van der Waals surface area (Å²) in [4.78, 5) is 13.1. The normalized spacial score (nSPS) is 29.5. The van der Waals surface area contributed by atoms with E-state index in [1.165, 1.54) is 0 Å². The molecule has 102 valence electrons. The number of piperidine rings is 1. The Morgan fingerprint density at radius 1 is 1.32 bits per heavy atom. The van der Waals surface area contributed by atoms with Crippen LogP contribution >= 0.6 is 11.6 Å². The highest BCUT2D eigenvalue weighted by Gasteiger charge is 2.41. The predicted molar refractivity (Wildman–Crippen MR) is 71.3 cm³/mol. The molecule has 3 heterocycles. The summed E-state index contributed by atoms with van der Waals surface area (Å²) in [5.41, 5.74) is 0. The van der Waals surface area contributed by atoms with Gasteiger partial charge in [-0.05, 0) is 43.7 Å². The smallest absolute Gasteiger partial charge is 0.303 e. The zero-order chi connectivity index (χ0) is 13.4. The molecule has 3 rings (SSSR count). The van der Waals surface area contributed by atoms with Crippen LogP contribution in [0.1, 0.15) is 32.1 Å². The minimum absolute atomic E-state index is 0.285. The third-order valence-electron chi connectivity index (χ3n) is 4.18. The monoisotopic (exact) mass is 281 g/mol. The van der Waals surface area contributed by atoms with Crippen molar-refractivity contribution in [2.75, 3.05) is 4.90 Å². The van der Waals surface area contributed by atoms with Crippen LogP contribution in [0.2, 0.25) is 5.15 Å². The van der Waals surface area contributed by atoms with Crippen LogP contribution in [0, 0.1) is 5.92 Å². The molecule has 0 aliphatic carbocycles. The van der Waals surface area contributed by atoms with Crippen LogP contribution in [0.25, 0.3) is 0 Å². The second-order valence-corrected chi connectivity index (χ2v) is 5.83. The van der Waals surface area contributed by atoms with E-state index in [1.807, 2.05) is 6.07 Å². The fourth-order valence-electron chi connectivity index (χ4n) is 3.52. The van der Waals surface area contributed by atoms with Gasteiger partial charge in [-0.1, -0.05) is 11.6 Å². The van der Waals surface area contributed by atoms with Crippen LogP contribution in [-0.4, -0.2) is 33.4 Å². The summed E-state index contributed by atoms with van der Waals surface area (Å²) in [6.45, 7) is 0. The molecule has 1 aromatic rings. The average Bonchev–Trinajstić information content (AvgIpc) is 2.62. The molecule has 2 aliphatic rings. The van der Waals surface area contributed by atoms with Gasteiger partial charge in [0.25, 0.3) is 0 Å². The van der Waals surface area contributed by atoms with Gasteiger partial charge in [0.05, 0.1) is 0 Å². The lowest BCUT2D eigenvalue weighted by molar-refractivity contribution is -0.138. The summed E-state index contributed by atoms with van der Waals surface area (Å²) in [5, 5.41) is 17.4. The SMILES string of the molecule is O=C(O)CC1CC2CCC(C1)N2c1ccc(Cl)nn1.